The van der Waals surface area contributed by atoms with Gasteiger partial charge in [-0.25, -0.2) is 14.4 Å². The first kappa shape index (κ1) is 19.1. The second-order valence-corrected chi connectivity index (χ2v) is 8.78. The number of halogens is 1. The molecular formula is C19H20FN5OS2. The Hall–Kier alpha value is -2.26. The number of rotatable bonds is 5. The molecule has 28 heavy (non-hydrogen) atoms. The maximum absolute atomic E-state index is 13.7. The number of nitrogens with one attached hydrogen (secondary N) is 1. The van der Waals surface area contributed by atoms with Gasteiger partial charge in [-0.05, 0) is 30.9 Å². The lowest BCUT2D eigenvalue weighted by atomic mass is 10.0. The fourth-order valence-electron chi connectivity index (χ4n) is 3.21. The summed E-state index contributed by atoms with van der Waals surface area (Å²) in [5.74, 6) is 0.0568. The van der Waals surface area contributed by atoms with Crippen LogP contribution in [0.25, 0.3) is 10.3 Å². The van der Waals surface area contributed by atoms with E-state index in [4.69, 9.17) is 0 Å². The Kier molecular flexibility index (Phi) is 5.72. The third-order valence-corrected chi connectivity index (χ3v) is 6.79. The molecule has 3 heterocycles. The second kappa shape index (κ2) is 8.40. The molecule has 9 heteroatoms. The van der Waals surface area contributed by atoms with E-state index in [1.54, 1.807) is 23.5 Å². The van der Waals surface area contributed by atoms with Crippen LogP contribution < -0.4 is 10.2 Å². The molecule has 1 N–H and O–H groups in total. The Morgan fingerprint density at radius 3 is 3.07 bits per heavy atom. The minimum atomic E-state index is -0.451. The van der Waals surface area contributed by atoms with Gasteiger partial charge in [0.2, 0.25) is 5.91 Å². The number of thiazole rings is 1. The summed E-state index contributed by atoms with van der Waals surface area (Å²) >= 11 is 2.88. The molecule has 0 radical (unpaired) electrons. The van der Waals surface area contributed by atoms with Gasteiger partial charge < -0.3 is 10.2 Å². The molecule has 1 saturated heterocycles. The highest BCUT2D eigenvalue weighted by Crippen LogP contribution is 2.35. The standard InChI is InChI=1S/C19H20FN5OS2/c1-12-5-4-8-25(9-12)19-24-17-16(28-19)18(22-11-21-17)27-10-15(26)23-14-7-3-2-6-13(14)20/h2-3,6-7,11-12H,4-5,8-10H2,1H3,(H,23,26). The minimum Gasteiger partial charge on any atom is -0.348 e. The molecule has 2 aromatic heterocycles. The first-order chi connectivity index (χ1) is 13.6. The number of piperidine rings is 1. The van der Waals surface area contributed by atoms with Gasteiger partial charge in [-0.15, -0.1) is 0 Å². The molecule has 1 amide bonds. The molecule has 1 unspecified atom stereocenters. The van der Waals surface area contributed by atoms with E-state index in [1.807, 2.05) is 0 Å². The molecule has 0 bridgehead atoms. The largest absolute Gasteiger partial charge is 0.348 e. The van der Waals surface area contributed by atoms with E-state index >= 15 is 0 Å². The number of para-hydroxylation sites is 1. The average Bonchev–Trinajstić information content (AvgIpc) is 3.13. The van der Waals surface area contributed by atoms with Crippen molar-refractivity contribution in [2.75, 3.05) is 29.1 Å². The molecule has 0 saturated carbocycles. The van der Waals surface area contributed by atoms with Gasteiger partial charge in [-0.1, -0.05) is 42.2 Å². The van der Waals surface area contributed by atoms with Gasteiger partial charge >= 0.3 is 0 Å². The summed E-state index contributed by atoms with van der Waals surface area (Å²) in [5.41, 5.74) is 0.838. The number of aromatic nitrogens is 3. The lowest BCUT2D eigenvalue weighted by Crippen LogP contribution is -2.34. The normalized spacial score (nSPS) is 17.1. The molecule has 146 valence electrons. The summed E-state index contributed by atoms with van der Waals surface area (Å²) in [6.45, 7) is 4.26. The summed E-state index contributed by atoms with van der Waals surface area (Å²) in [7, 11) is 0. The SMILES string of the molecule is CC1CCCN(c2nc3ncnc(SCC(=O)Nc4ccccc4F)c3s2)C1. The van der Waals surface area contributed by atoms with Crippen LogP contribution in [-0.4, -0.2) is 39.7 Å². The van der Waals surface area contributed by atoms with E-state index < -0.39 is 5.82 Å². The number of carbonyl (C=O) groups is 1. The first-order valence-corrected chi connectivity index (χ1v) is 10.9. The lowest BCUT2D eigenvalue weighted by molar-refractivity contribution is -0.113. The predicted molar refractivity (Wildman–Crippen MR) is 112 cm³/mol. The van der Waals surface area contributed by atoms with Crippen molar-refractivity contribution in [1.29, 1.82) is 0 Å². The number of nitrogens with zero attached hydrogens (tertiary/aromatic N) is 4. The first-order valence-electron chi connectivity index (χ1n) is 9.14. The highest BCUT2D eigenvalue weighted by Gasteiger charge is 2.21. The molecule has 1 aliphatic rings. The number of anilines is 2. The zero-order valence-electron chi connectivity index (χ0n) is 15.4. The maximum atomic E-state index is 13.7. The van der Waals surface area contributed by atoms with Gasteiger partial charge in [-0.2, -0.15) is 4.98 Å². The van der Waals surface area contributed by atoms with Crippen molar-refractivity contribution in [2.24, 2.45) is 5.92 Å². The van der Waals surface area contributed by atoms with Gasteiger partial charge in [-0.3, -0.25) is 4.79 Å². The van der Waals surface area contributed by atoms with Crippen LogP contribution in [0.3, 0.4) is 0 Å². The van der Waals surface area contributed by atoms with Crippen molar-refractivity contribution < 1.29 is 9.18 Å². The van der Waals surface area contributed by atoms with Crippen molar-refractivity contribution in [3.63, 3.8) is 0 Å². The summed E-state index contributed by atoms with van der Waals surface area (Å²) < 4.78 is 14.6. The predicted octanol–water partition coefficient (Wildman–Crippen LogP) is 4.19. The van der Waals surface area contributed by atoms with Crippen LogP contribution >= 0.6 is 23.1 Å². The maximum Gasteiger partial charge on any atom is 0.234 e. The van der Waals surface area contributed by atoms with Crippen molar-refractivity contribution >= 4 is 50.2 Å². The summed E-state index contributed by atoms with van der Waals surface area (Å²) in [6, 6.07) is 6.12. The smallest absolute Gasteiger partial charge is 0.234 e. The average molecular weight is 418 g/mol. The monoisotopic (exact) mass is 417 g/mol. The van der Waals surface area contributed by atoms with E-state index in [2.05, 4.69) is 32.1 Å². The molecule has 0 spiro atoms. The fraction of sp³-hybridized carbons (Fsp3) is 0.368. The number of benzene rings is 1. The number of fused-ring (bicyclic) bond motifs is 1. The number of hydrogen-bond donors (Lipinski definition) is 1. The Labute approximate surface area is 170 Å². The Balaban J connectivity index is 1.46. The van der Waals surface area contributed by atoms with Crippen LogP contribution in [-0.2, 0) is 4.79 Å². The Bertz CT molecular complexity index is 995. The molecule has 1 aliphatic heterocycles. The van der Waals surface area contributed by atoms with Gasteiger partial charge in [0, 0.05) is 13.1 Å². The van der Waals surface area contributed by atoms with Crippen LogP contribution in [0.1, 0.15) is 19.8 Å². The molecule has 1 fully saturated rings. The zero-order valence-corrected chi connectivity index (χ0v) is 17.0. The number of hydrogen-bond acceptors (Lipinski definition) is 7. The summed E-state index contributed by atoms with van der Waals surface area (Å²) in [6.07, 6.45) is 3.89. The van der Waals surface area contributed by atoms with Crippen LogP contribution in [0.4, 0.5) is 15.2 Å². The van der Waals surface area contributed by atoms with Crippen molar-refractivity contribution in [1.82, 2.24) is 15.0 Å². The van der Waals surface area contributed by atoms with Gasteiger partial charge in [0.15, 0.2) is 10.8 Å². The van der Waals surface area contributed by atoms with E-state index in [-0.39, 0.29) is 17.3 Å². The summed E-state index contributed by atoms with van der Waals surface area (Å²) in [4.78, 5) is 27.8. The fourth-order valence-corrected chi connectivity index (χ4v) is 5.13. The highest BCUT2D eigenvalue weighted by atomic mass is 32.2. The molecule has 0 aliphatic carbocycles. The molecule has 1 aromatic carbocycles. The molecule has 1 atom stereocenters. The third-order valence-electron chi connectivity index (χ3n) is 4.56. The van der Waals surface area contributed by atoms with Crippen LogP contribution in [0.2, 0.25) is 0 Å². The second-order valence-electron chi connectivity index (χ2n) is 6.84. The molecule has 4 rings (SSSR count). The minimum absolute atomic E-state index is 0.133. The van der Waals surface area contributed by atoms with Crippen molar-refractivity contribution in [3.8, 4) is 0 Å². The van der Waals surface area contributed by atoms with Gasteiger partial charge in [0.25, 0.3) is 0 Å². The van der Waals surface area contributed by atoms with E-state index in [9.17, 15) is 9.18 Å². The highest BCUT2D eigenvalue weighted by molar-refractivity contribution is 8.00. The number of amides is 1. The van der Waals surface area contributed by atoms with Gasteiger partial charge in [0.1, 0.15) is 21.9 Å². The van der Waals surface area contributed by atoms with Crippen molar-refractivity contribution in [2.45, 2.75) is 24.8 Å². The van der Waals surface area contributed by atoms with E-state index in [0.29, 0.717) is 11.6 Å². The number of carbonyl (C=O) groups excluding carboxylic acids is 1. The van der Waals surface area contributed by atoms with Crippen LogP contribution in [0, 0.1) is 11.7 Å². The number of thioether (sulfide) groups is 1. The zero-order chi connectivity index (χ0) is 19.5. The third kappa shape index (κ3) is 4.25. The Morgan fingerprint density at radius 1 is 1.39 bits per heavy atom. The summed E-state index contributed by atoms with van der Waals surface area (Å²) in [5, 5.41) is 4.27. The lowest BCUT2D eigenvalue weighted by Gasteiger charge is -2.30. The molecule has 3 aromatic rings. The van der Waals surface area contributed by atoms with Crippen LogP contribution in [0.15, 0.2) is 35.6 Å². The van der Waals surface area contributed by atoms with Gasteiger partial charge in [0.05, 0.1) is 11.4 Å². The topological polar surface area (TPSA) is 71.0 Å². The quantitative estimate of drug-likeness (QED) is 0.496. The van der Waals surface area contributed by atoms with Crippen molar-refractivity contribution in [3.05, 3.63) is 36.4 Å². The molecule has 6 nitrogen and oxygen atoms in total. The van der Waals surface area contributed by atoms with E-state index in [1.165, 1.54) is 43.1 Å². The molecular weight excluding hydrogens is 397 g/mol. The van der Waals surface area contributed by atoms with Crippen LogP contribution in [0.5, 0.6) is 0 Å². The Morgan fingerprint density at radius 2 is 2.25 bits per heavy atom. The van der Waals surface area contributed by atoms with E-state index in [0.717, 1.165) is 27.9 Å².